The number of anilines is 1. The zero-order valence-electron chi connectivity index (χ0n) is 11.4. The van der Waals surface area contributed by atoms with Gasteiger partial charge in [0.1, 0.15) is 4.90 Å². The van der Waals surface area contributed by atoms with Gasteiger partial charge in [0.2, 0.25) is 10.0 Å². The van der Waals surface area contributed by atoms with Crippen LogP contribution in [0.4, 0.5) is 10.1 Å². The standard InChI is InChI=1S/C13H18ClFN2O2S/c1-8(2)17(7-9-3-4-9)20(18,19)12-6-10(16)5-11(14)13(12)15/h5-6,8-9H,3-4,7,16H2,1-2H3. The van der Waals surface area contributed by atoms with Crippen LogP contribution >= 0.6 is 11.6 Å². The van der Waals surface area contributed by atoms with Crippen LogP contribution in [0.2, 0.25) is 5.02 Å². The topological polar surface area (TPSA) is 63.4 Å². The molecule has 0 radical (unpaired) electrons. The van der Waals surface area contributed by atoms with Crippen molar-refractivity contribution in [3.8, 4) is 0 Å². The number of hydrogen-bond acceptors (Lipinski definition) is 3. The fourth-order valence-corrected chi connectivity index (χ4v) is 4.16. The van der Waals surface area contributed by atoms with Crippen molar-refractivity contribution in [2.45, 2.75) is 37.6 Å². The highest BCUT2D eigenvalue weighted by Crippen LogP contribution is 2.34. The minimum absolute atomic E-state index is 0.130. The lowest BCUT2D eigenvalue weighted by Crippen LogP contribution is -2.38. The highest BCUT2D eigenvalue weighted by Gasteiger charge is 2.35. The molecule has 2 N–H and O–H groups in total. The van der Waals surface area contributed by atoms with E-state index in [1.807, 2.05) is 0 Å². The molecule has 0 amide bonds. The van der Waals surface area contributed by atoms with Crippen LogP contribution in [-0.2, 0) is 10.0 Å². The molecular weight excluding hydrogens is 303 g/mol. The third-order valence-electron chi connectivity index (χ3n) is 3.31. The summed E-state index contributed by atoms with van der Waals surface area (Å²) in [5, 5.41) is -0.279. The first-order valence-corrected chi connectivity index (χ1v) is 8.31. The van der Waals surface area contributed by atoms with Gasteiger partial charge in [-0.3, -0.25) is 0 Å². The van der Waals surface area contributed by atoms with Gasteiger partial charge in [0.05, 0.1) is 5.02 Å². The van der Waals surface area contributed by atoms with E-state index >= 15 is 0 Å². The van der Waals surface area contributed by atoms with Gasteiger partial charge in [-0.05, 0) is 44.7 Å². The summed E-state index contributed by atoms with van der Waals surface area (Å²) in [5.74, 6) is -0.575. The van der Waals surface area contributed by atoms with Gasteiger partial charge in [0.25, 0.3) is 0 Å². The Bertz CT molecular complexity index is 615. The van der Waals surface area contributed by atoms with Crippen molar-refractivity contribution >= 4 is 27.3 Å². The summed E-state index contributed by atoms with van der Waals surface area (Å²) in [6.45, 7) is 3.95. The van der Waals surface area contributed by atoms with Crippen molar-refractivity contribution in [1.82, 2.24) is 4.31 Å². The molecule has 7 heteroatoms. The Balaban J connectivity index is 2.46. The van der Waals surface area contributed by atoms with Crippen molar-refractivity contribution in [2.24, 2.45) is 5.92 Å². The van der Waals surface area contributed by atoms with Crippen molar-refractivity contribution in [3.63, 3.8) is 0 Å². The first-order valence-electron chi connectivity index (χ1n) is 6.50. The summed E-state index contributed by atoms with van der Waals surface area (Å²) >= 11 is 5.69. The first-order chi connectivity index (χ1) is 9.23. The second-order valence-electron chi connectivity index (χ2n) is 5.43. The Morgan fingerprint density at radius 3 is 2.55 bits per heavy atom. The van der Waals surface area contributed by atoms with Crippen LogP contribution in [0, 0.1) is 11.7 Å². The summed E-state index contributed by atoms with van der Waals surface area (Å²) < 4.78 is 40.6. The molecule has 20 heavy (non-hydrogen) atoms. The summed E-state index contributed by atoms with van der Waals surface area (Å²) in [6.07, 6.45) is 2.03. The van der Waals surface area contributed by atoms with Crippen LogP contribution in [0.25, 0.3) is 0 Å². The molecule has 0 unspecified atom stereocenters. The maximum absolute atomic E-state index is 14.1. The fourth-order valence-electron chi connectivity index (χ4n) is 2.04. The quantitative estimate of drug-likeness (QED) is 0.848. The molecule has 1 aliphatic rings. The highest BCUT2D eigenvalue weighted by atomic mass is 35.5. The number of sulfonamides is 1. The summed E-state index contributed by atoms with van der Waals surface area (Å²) in [5.41, 5.74) is 5.71. The zero-order chi connectivity index (χ0) is 15.1. The van der Waals surface area contributed by atoms with Crippen LogP contribution in [0.1, 0.15) is 26.7 Å². The lowest BCUT2D eigenvalue weighted by molar-refractivity contribution is 0.340. The molecule has 0 saturated heterocycles. The van der Waals surface area contributed by atoms with E-state index in [1.165, 1.54) is 10.4 Å². The molecule has 1 aliphatic carbocycles. The highest BCUT2D eigenvalue weighted by molar-refractivity contribution is 7.89. The summed E-state index contributed by atoms with van der Waals surface area (Å²) in [7, 11) is -3.94. The SMILES string of the molecule is CC(C)N(CC1CC1)S(=O)(=O)c1cc(N)cc(Cl)c1F. The first kappa shape index (κ1) is 15.5. The minimum atomic E-state index is -3.94. The second kappa shape index (κ2) is 5.50. The van der Waals surface area contributed by atoms with E-state index in [1.54, 1.807) is 13.8 Å². The van der Waals surface area contributed by atoms with E-state index in [2.05, 4.69) is 0 Å². The molecule has 2 rings (SSSR count). The maximum atomic E-state index is 14.1. The molecule has 0 aliphatic heterocycles. The van der Waals surface area contributed by atoms with Crippen LogP contribution in [0.15, 0.2) is 17.0 Å². The van der Waals surface area contributed by atoms with Gasteiger partial charge in [-0.15, -0.1) is 0 Å². The van der Waals surface area contributed by atoms with E-state index in [-0.39, 0.29) is 16.8 Å². The number of nitrogens with zero attached hydrogens (tertiary/aromatic N) is 1. The molecule has 1 saturated carbocycles. The Morgan fingerprint density at radius 1 is 1.45 bits per heavy atom. The van der Waals surface area contributed by atoms with E-state index < -0.39 is 20.7 Å². The van der Waals surface area contributed by atoms with Gasteiger partial charge in [-0.25, -0.2) is 12.8 Å². The Morgan fingerprint density at radius 2 is 2.05 bits per heavy atom. The number of rotatable bonds is 5. The monoisotopic (exact) mass is 320 g/mol. The Labute approximate surface area is 123 Å². The molecular formula is C13H18ClFN2O2S. The van der Waals surface area contributed by atoms with Gasteiger partial charge in [0, 0.05) is 18.3 Å². The summed E-state index contributed by atoms with van der Waals surface area (Å²) in [6, 6.07) is 2.08. The third-order valence-corrected chi connectivity index (χ3v) is 5.63. The van der Waals surface area contributed by atoms with Crippen molar-refractivity contribution in [1.29, 1.82) is 0 Å². The van der Waals surface area contributed by atoms with Gasteiger partial charge in [0.15, 0.2) is 5.82 Å². The van der Waals surface area contributed by atoms with Crippen LogP contribution in [0.5, 0.6) is 0 Å². The number of nitrogens with two attached hydrogens (primary N) is 1. The molecule has 1 aromatic carbocycles. The average Bonchev–Trinajstić information content (AvgIpc) is 3.13. The average molecular weight is 321 g/mol. The minimum Gasteiger partial charge on any atom is -0.399 e. The molecule has 0 spiro atoms. The molecule has 4 nitrogen and oxygen atoms in total. The predicted octanol–water partition coefficient (Wildman–Crippen LogP) is 2.87. The largest absolute Gasteiger partial charge is 0.399 e. The smallest absolute Gasteiger partial charge is 0.246 e. The van der Waals surface area contributed by atoms with E-state index in [4.69, 9.17) is 17.3 Å². The normalized spacial score (nSPS) is 16.1. The van der Waals surface area contributed by atoms with Gasteiger partial charge in [-0.1, -0.05) is 11.6 Å². The molecule has 0 atom stereocenters. The predicted molar refractivity (Wildman–Crippen MR) is 77.6 cm³/mol. The Hall–Kier alpha value is -0.850. The third kappa shape index (κ3) is 3.07. The molecule has 0 heterocycles. The lowest BCUT2D eigenvalue weighted by Gasteiger charge is -2.26. The second-order valence-corrected chi connectivity index (χ2v) is 7.69. The lowest BCUT2D eigenvalue weighted by atomic mass is 10.3. The molecule has 112 valence electrons. The van der Waals surface area contributed by atoms with Crippen molar-refractivity contribution in [3.05, 3.63) is 23.0 Å². The number of hydrogen-bond donors (Lipinski definition) is 1. The van der Waals surface area contributed by atoms with Crippen molar-refractivity contribution in [2.75, 3.05) is 12.3 Å². The van der Waals surface area contributed by atoms with Gasteiger partial charge >= 0.3 is 0 Å². The van der Waals surface area contributed by atoms with E-state index in [9.17, 15) is 12.8 Å². The van der Waals surface area contributed by atoms with E-state index in [0.29, 0.717) is 12.5 Å². The Kier molecular flexibility index (Phi) is 4.27. The van der Waals surface area contributed by atoms with Crippen LogP contribution < -0.4 is 5.73 Å². The molecule has 0 bridgehead atoms. The molecule has 0 aromatic heterocycles. The van der Waals surface area contributed by atoms with E-state index in [0.717, 1.165) is 18.9 Å². The maximum Gasteiger partial charge on any atom is 0.246 e. The molecule has 1 aromatic rings. The fraction of sp³-hybridized carbons (Fsp3) is 0.538. The van der Waals surface area contributed by atoms with Crippen LogP contribution in [-0.4, -0.2) is 25.3 Å². The van der Waals surface area contributed by atoms with Crippen LogP contribution in [0.3, 0.4) is 0 Å². The van der Waals surface area contributed by atoms with Gasteiger partial charge in [-0.2, -0.15) is 4.31 Å². The number of benzene rings is 1. The zero-order valence-corrected chi connectivity index (χ0v) is 13.0. The van der Waals surface area contributed by atoms with Gasteiger partial charge < -0.3 is 5.73 Å². The molecule has 1 fully saturated rings. The number of halogens is 2. The van der Waals surface area contributed by atoms with Crippen molar-refractivity contribution < 1.29 is 12.8 Å². The number of nitrogen functional groups attached to an aromatic ring is 1. The summed E-state index contributed by atoms with van der Waals surface area (Å²) in [4.78, 5) is -0.447.